The van der Waals surface area contributed by atoms with Crippen molar-refractivity contribution in [2.75, 3.05) is 6.54 Å². The SMILES string of the molecule is C=C(N[C@@H](CC(=O)N1CCCC[C@@H]1C)C(=O)N[C@@H](C)c1ncc(-c2ccc(F)cc2)[nH]1)c1cc(C)on1. The number of halogens is 1. The van der Waals surface area contributed by atoms with Crippen molar-refractivity contribution in [3.63, 3.8) is 0 Å². The molecule has 196 valence electrons. The molecule has 0 radical (unpaired) electrons. The third-order valence-corrected chi connectivity index (χ3v) is 6.62. The van der Waals surface area contributed by atoms with Crippen LogP contribution in [-0.4, -0.2) is 50.5 Å². The van der Waals surface area contributed by atoms with Crippen LogP contribution in [0.3, 0.4) is 0 Å². The molecule has 10 heteroatoms. The molecule has 1 saturated heterocycles. The Kier molecular flexibility index (Phi) is 8.05. The summed E-state index contributed by atoms with van der Waals surface area (Å²) in [7, 11) is 0. The first-order valence-electron chi connectivity index (χ1n) is 12.5. The fraction of sp³-hybridized carbons (Fsp3) is 0.407. The molecular weight excluding hydrogens is 475 g/mol. The Balaban J connectivity index is 1.47. The van der Waals surface area contributed by atoms with Gasteiger partial charge < -0.3 is 25.0 Å². The quantitative estimate of drug-likeness (QED) is 0.401. The number of aromatic amines is 1. The van der Waals surface area contributed by atoms with Gasteiger partial charge in [0, 0.05) is 18.7 Å². The van der Waals surface area contributed by atoms with Crippen molar-refractivity contribution < 1.29 is 18.5 Å². The highest BCUT2D eigenvalue weighted by atomic mass is 19.1. The highest BCUT2D eigenvalue weighted by molar-refractivity contribution is 5.90. The molecule has 9 nitrogen and oxygen atoms in total. The number of H-pyrrole nitrogens is 1. The summed E-state index contributed by atoms with van der Waals surface area (Å²) in [6.45, 7) is 10.3. The van der Waals surface area contributed by atoms with Crippen LogP contribution in [0.1, 0.15) is 62.9 Å². The van der Waals surface area contributed by atoms with Crippen LogP contribution in [0.4, 0.5) is 4.39 Å². The summed E-state index contributed by atoms with van der Waals surface area (Å²) in [5.41, 5.74) is 2.34. The predicted octanol–water partition coefficient (Wildman–Crippen LogP) is 4.11. The summed E-state index contributed by atoms with van der Waals surface area (Å²) in [4.78, 5) is 36.0. The average molecular weight is 509 g/mol. The molecule has 3 atom stereocenters. The summed E-state index contributed by atoms with van der Waals surface area (Å²) < 4.78 is 18.4. The second-order valence-electron chi connectivity index (χ2n) is 9.55. The lowest BCUT2D eigenvalue weighted by molar-refractivity contribution is -0.137. The van der Waals surface area contributed by atoms with Crippen LogP contribution >= 0.6 is 0 Å². The maximum Gasteiger partial charge on any atom is 0.243 e. The number of piperidine rings is 1. The van der Waals surface area contributed by atoms with Crippen LogP contribution in [0.5, 0.6) is 0 Å². The summed E-state index contributed by atoms with van der Waals surface area (Å²) in [6, 6.07) is 6.56. The zero-order valence-corrected chi connectivity index (χ0v) is 21.4. The van der Waals surface area contributed by atoms with E-state index in [-0.39, 0.29) is 30.1 Å². The van der Waals surface area contributed by atoms with Gasteiger partial charge in [-0.1, -0.05) is 11.7 Å². The molecule has 3 N–H and O–H groups in total. The van der Waals surface area contributed by atoms with E-state index < -0.39 is 12.1 Å². The van der Waals surface area contributed by atoms with Gasteiger partial charge in [-0.25, -0.2) is 9.37 Å². The van der Waals surface area contributed by atoms with E-state index >= 15 is 0 Å². The molecule has 0 aliphatic carbocycles. The maximum atomic E-state index is 13.4. The van der Waals surface area contributed by atoms with E-state index in [4.69, 9.17) is 4.52 Å². The van der Waals surface area contributed by atoms with E-state index in [0.29, 0.717) is 35.2 Å². The number of likely N-dealkylation sites (tertiary alicyclic amines) is 1. The first kappa shape index (κ1) is 26.1. The van der Waals surface area contributed by atoms with E-state index in [1.807, 2.05) is 11.8 Å². The van der Waals surface area contributed by atoms with Gasteiger partial charge in [0.05, 0.1) is 30.1 Å². The van der Waals surface area contributed by atoms with Gasteiger partial charge in [0.25, 0.3) is 0 Å². The zero-order chi connectivity index (χ0) is 26.5. The molecule has 0 bridgehead atoms. The van der Waals surface area contributed by atoms with Crippen molar-refractivity contribution in [3.05, 3.63) is 66.2 Å². The van der Waals surface area contributed by atoms with Crippen molar-refractivity contribution in [1.29, 1.82) is 0 Å². The van der Waals surface area contributed by atoms with Crippen molar-refractivity contribution >= 4 is 17.5 Å². The van der Waals surface area contributed by atoms with Crippen LogP contribution in [-0.2, 0) is 9.59 Å². The van der Waals surface area contributed by atoms with Gasteiger partial charge >= 0.3 is 0 Å². The number of aromatic nitrogens is 3. The van der Waals surface area contributed by atoms with Crippen LogP contribution in [0, 0.1) is 12.7 Å². The van der Waals surface area contributed by atoms with Crippen molar-refractivity contribution in [2.45, 2.75) is 64.6 Å². The maximum absolute atomic E-state index is 13.4. The Morgan fingerprint density at radius 3 is 2.70 bits per heavy atom. The Morgan fingerprint density at radius 2 is 2.03 bits per heavy atom. The highest BCUT2D eigenvalue weighted by Gasteiger charge is 2.30. The van der Waals surface area contributed by atoms with Crippen LogP contribution in [0.2, 0.25) is 0 Å². The molecule has 37 heavy (non-hydrogen) atoms. The van der Waals surface area contributed by atoms with Gasteiger partial charge in [0.1, 0.15) is 29.1 Å². The lowest BCUT2D eigenvalue weighted by atomic mass is 10.0. The number of hydrogen-bond acceptors (Lipinski definition) is 6. The van der Waals surface area contributed by atoms with Gasteiger partial charge in [-0.2, -0.15) is 0 Å². The Labute approximate surface area is 215 Å². The van der Waals surface area contributed by atoms with Gasteiger partial charge in [0.2, 0.25) is 11.8 Å². The molecule has 4 rings (SSSR count). The van der Waals surface area contributed by atoms with E-state index in [9.17, 15) is 14.0 Å². The number of benzene rings is 1. The number of nitrogens with one attached hydrogen (secondary N) is 3. The lowest BCUT2D eigenvalue weighted by Gasteiger charge is -2.34. The number of carbonyl (C=O) groups excluding carboxylic acids is 2. The lowest BCUT2D eigenvalue weighted by Crippen LogP contribution is -2.49. The fourth-order valence-electron chi connectivity index (χ4n) is 4.48. The molecular formula is C27H33FN6O3. The van der Waals surface area contributed by atoms with E-state index in [1.54, 1.807) is 38.2 Å². The Hall–Kier alpha value is -3.95. The number of amides is 2. The third-order valence-electron chi connectivity index (χ3n) is 6.62. The summed E-state index contributed by atoms with van der Waals surface area (Å²) in [5.74, 6) is 0.368. The molecule has 2 aromatic heterocycles. The van der Waals surface area contributed by atoms with E-state index in [1.165, 1.54) is 12.1 Å². The standard InChI is InChI=1S/C27H33FN6O3/c1-16-7-5-6-12-34(16)25(35)14-23(30-18(3)22-13-17(2)37-33-22)27(36)31-19(4)26-29-15-24(32-26)20-8-10-21(28)11-9-20/h8-11,13,15-16,19,23,30H,3,5-7,12,14H2,1-2,4H3,(H,29,32)(H,31,36)/t16-,19-,23-/m0/s1. The van der Waals surface area contributed by atoms with Gasteiger partial charge in [-0.15, -0.1) is 0 Å². The Morgan fingerprint density at radius 1 is 1.27 bits per heavy atom. The van der Waals surface area contributed by atoms with Gasteiger partial charge in [-0.05, 0) is 69.9 Å². The van der Waals surface area contributed by atoms with Gasteiger partial charge in [0.15, 0.2) is 0 Å². The van der Waals surface area contributed by atoms with Crippen molar-refractivity contribution in [2.24, 2.45) is 0 Å². The number of imidazole rings is 1. The largest absolute Gasteiger partial charge is 0.372 e. The molecule has 3 heterocycles. The first-order chi connectivity index (χ1) is 17.7. The second kappa shape index (κ2) is 11.4. The first-order valence-corrected chi connectivity index (χ1v) is 12.5. The number of carbonyl (C=O) groups is 2. The molecule has 0 spiro atoms. The number of nitrogens with zero attached hydrogens (tertiary/aromatic N) is 3. The molecule has 3 aromatic rings. The highest BCUT2D eigenvalue weighted by Crippen LogP contribution is 2.21. The zero-order valence-electron chi connectivity index (χ0n) is 21.4. The normalized spacial score (nSPS) is 17.2. The molecule has 0 unspecified atom stereocenters. The average Bonchev–Trinajstić information content (AvgIpc) is 3.54. The third kappa shape index (κ3) is 6.44. The minimum absolute atomic E-state index is 0.0300. The van der Waals surface area contributed by atoms with Crippen molar-refractivity contribution in [1.82, 2.24) is 30.7 Å². The minimum Gasteiger partial charge on any atom is -0.372 e. The second-order valence-corrected chi connectivity index (χ2v) is 9.55. The summed E-state index contributed by atoms with van der Waals surface area (Å²) in [5, 5.41) is 9.97. The van der Waals surface area contributed by atoms with Crippen LogP contribution < -0.4 is 10.6 Å². The van der Waals surface area contributed by atoms with Crippen LogP contribution in [0.15, 0.2) is 47.6 Å². The van der Waals surface area contributed by atoms with E-state index in [0.717, 1.165) is 24.8 Å². The smallest absolute Gasteiger partial charge is 0.243 e. The molecule has 1 fully saturated rings. The van der Waals surface area contributed by atoms with Gasteiger partial charge in [-0.3, -0.25) is 9.59 Å². The van der Waals surface area contributed by atoms with Crippen LogP contribution in [0.25, 0.3) is 17.0 Å². The molecule has 2 amide bonds. The van der Waals surface area contributed by atoms with E-state index in [2.05, 4.69) is 32.3 Å². The molecule has 0 saturated carbocycles. The number of hydrogen-bond donors (Lipinski definition) is 3. The minimum atomic E-state index is -0.875. The topological polar surface area (TPSA) is 116 Å². The number of aryl methyl sites for hydroxylation is 1. The fourth-order valence-corrected chi connectivity index (χ4v) is 4.48. The molecule has 1 aromatic carbocycles. The predicted molar refractivity (Wildman–Crippen MR) is 137 cm³/mol. The summed E-state index contributed by atoms with van der Waals surface area (Å²) in [6.07, 6.45) is 4.61. The summed E-state index contributed by atoms with van der Waals surface area (Å²) >= 11 is 0. The monoisotopic (exact) mass is 508 g/mol. The number of rotatable bonds is 9. The Bertz CT molecular complexity index is 1250. The molecule has 1 aliphatic rings. The van der Waals surface area contributed by atoms with Crippen molar-refractivity contribution in [3.8, 4) is 11.3 Å². The molecule has 1 aliphatic heterocycles.